The minimum absolute atomic E-state index is 0.287. The maximum atomic E-state index is 9.10. The van der Waals surface area contributed by atoms with Crippen LogP contribution in [-0.4, -0.2) is 11.7 Å². The van der Waals surface area contributed by atoms with Crippen molar-refractivity contribution in [3.05, 3.63) is 12.2 Å². The van der Waals surface area contributed by atoms with E-state index < -0.39 is 0 Å². The zero-order chi connectivity index (χ0) is 9.19. The molecule has 0 aliphatic heterocycles. The third-order valence-corrected chi connectivity index (χ3v) is 3.09. The third-order valence-electron chi connectivity index (χ3n) is 3.09. The van der Waals surface area contributed by atoms with E-state index in [-0.39, 0.29) is 6.61 Å². The molecule has 1 N–H and O–H groups in total. The Balaban J connectivity index is 2.59. The topological polar surface area (TPSA) is 20.2 Å². The van der Waals surface area contributed by atoms with Crippen molar-refractivity contribution < 1.29 is 5.11 Å². The summed E-state index contributed by atoms with van der Waals surface area (Å²) in [6, 6.07) is 0. The van der Waals surface area contributed by atoms with E-state index in [1.165, 1.54) is 18.4 Å². The van der Waals surface area contributed by atoms with Gasteiger partial charge >= 0.3 is 0 Å². The van der Waals surface area contributed by atoms with Gasteiger partial charge in [-0.3, -0.25) is 0 Å². The van der Waals surface area contributed by atoms with Gasteiger partial charge in [0.2, 0.25) is 0 Å². The lowest BCUT2D eigenvalue weighted by Gasteiger charge is -2.21. The number of hydrogen-bond donors (Lipinski definition) is 1. The average Bonchev–Trinajstić information content (AvgIpc) is 2.13. The highest BCUT2D eigenvalue weighted by atomic mass is 16.3. The van der Waals surface area contributed by atoms with Crippen molar-refractivity contribution in [1.29, 1.82) is 0 Å². The molecular weight excluding hydrogens is 148 g/mol. The highest BCUT2D eigenvalue weighted by Crippen LogP contribution is 2.37. The Labute approximate surface area is 75.5 Å². The summed E-state index contributed by atoms with van der Waals surface area (Å²) in [7, 11) is 0. The summed E-state index contributed by atoms with van der Waals surface area (Å²) in [5, 5.41) is 9.10. The molecule has 70 valence electrons. The number of hydrogen-bond acceptors (Lipinski definition) is 1. The van der Waals surface area contributed by atoms with E-state index in [4.69, 9.17) is 5.11 Å². The minimum Gasteiger partial charge on any atom is -0.396 e. The Hall–Kier alpha value is -0.300. The molecule has 0 spiro atoms. The molecule has 0 bridgehead atoms. The van der Waals surface area contributed by atoms with Gasteiger partial charge in [0.05, 0.1) is 0 Å². The van der Waals surface area contributed by atoms with E-state index in [9.17, 15) is 0 Å². The summed E-state index contributed by atoms with van der Waals surface area (Å²) in [5.74, 6) is 0.367. The van der Waals surface area contributed by atoms with E-state index in [0.717, 1.165) is 12.8 Å². The molecule has 0 aromatic heterocycles. The molecule has 0 aromatic carbocycles. The zero-order valence-corrected chi connectivity index (χ0v) is 8.27. The Morgan fingerprint density at radius 3 is 2.75 bits per heavy atom. The van der Waals surface area contributed by atoms with E-state index in [1.807, 2.05) is 0 Å². The molecule has 0 heterocycles. The van der Waals surface area contributed by atoms with Crippen molar-refractivity contribution in [1.82, 2.24) is 0 Å². The van der Waals surface area contributed by atoms with Crippen LogP contribution in [0.4, 0.5) is 0 Å². The van der Waals surface area contributed by atoms with Crippen molar-refractivity contribution in [2.45, 2.75) is 39.5 Å². The van der Waals surface area contributed by atoms with Gasteiger partial charge in [0.15, 0.2) is 0 Å². The van der Waals surface area contributed by atoms with Crippen LogP contribution in [0, 0.1) is 11.3 Å². The maximum Gasteiger partial charge on any atom is 0.0496 e. The fourth-order valence-electron chi connectivity index (χ4n) is 1.82. The van der Waals surface area contributed by atoms with Crippen molar-refractivity contribution >= 4 is 0 Å². The standard InChI is InChI=1S/C11H20O/c1-9-4-6-11(2,3)7-5-10(9)8-12/h10,12H,1,4-8H2,2-3H3. The Morgan fingerprint density at radius 1 is 1.50 bits per heavy atom. The van der Waals surface area contributed by atoms with E-state index >= 15 is 0 Å². The first-order valence-electron chi connectivity index (χ1n) is 4.84. The molecule has 0 saturated heterocycles. The van der Waals surface area contributed by atoms with Crippen LogP contribution in [0.3, 0.4) is 0 Å². The molecule has 0 amide bonds. The number of aliphatic hydroxyl groups excluding tert-OH is 1. The molecule has 1 nitrogen and oxygen atoms in total. The van der Waals surface area contributed by atoms with Crippen LogP contribution in [0.2, 0.25) is 0 Å². The van der Waals surface area contributed by atoms with Crippen LogP contribution in [0.5, 0.6) is 0 Å². The van der Waals surface area contributed by atoms with Crippen LogP contribution in [-0.2, 0) is 0 Å². The number of rotatable bonds is 1. The normalized spacial score (nSPS) is 29.9. The summed E-state index contributed by atoms with van der Waals surface area (Å²) in [6.45, 7) is 8.93. The Kier molecular flexibility index (Phi) is 2.94. The average molecular weight is 168 g/mol. The summed E-state index contributed by atoms with van der Waals surface area (Å²) < 4.78 is 0. The van der Waals surface area contributed by atoms with E-state index in [1.54, 1.807) is 0 Å². The van der Waals surface area contributed by atoms with Gasteiger partial charge in [0.1, 0.15) is 0 Å². The predicted octanol–water partition coefficient (Wildman–Crippen LogP) is 2.75. The SMILES string of the molecule is C=C1CCC(C)(C)CCC1CO. The van der Waals surface area contributed by atoms with Gasteiger partial charge in [-0.25, -0.2) is 0 Å². The van der Waals surface area contributed by atoms with Crippen LogP contribution < -0.4 is 0 Å². The fourth-order valence-corrected chi connectivity index (χ4v) is 1.82. The Morgan fingerprint density at radius 2 is 2.17 bits per heavy atom. The quantitative estimate of drug-likeness (QED) is 0.471. The van der Waals surface area contributed by atoms with Crippen LogP contribution >= 0.6 is 0 Å². The summed E-state index contributed by atoms with van der Waals surface area (Å²) >= 11 is 0. The van der Waals surface area contributed by atoms with Gasteiger partial charge in [-0.1, -0.05) is 26.0 Å². The third kappa shape index (κ3) is 2.34. The molecule has 1 heteroatoms. The zero-order valence-electron chi connectivity index (χ0n) is 8.27. The molecule has 0 radical (unpaired) electrons. The van der Waals surface area contributed by atoms with Gasteiger partial charge in [0.25, 0.3) is 0 Å². The molecule has 1 unspecified atom stereocenters. The first-order chi connectivity index (χ1) is 5.55. The van der Waals surface area contributed by atoms with Crippen LogP contribution in [0.15, 0.2) is 12.2 Å². The largest absolute Gasteiger partial charge is 0.396 e. The molecular formula is C11H20O. The lowest BCUT2D eigenvalue weighted by atomic mass is 9.85. The summed E-state index contributed by atoms with van der Waals surface area (Å²) in [6.07, 6.45) is 4.65. The van der Waals surface area contributed by atoms with Gasteiger partial charge in [-0.05, 0) is 31.1 Å². The first kappa shape index (κ1) is 9.79. The van der Waals surface area contributed by atoms with Gasteiger partial charge in [-0.2, -0.15) is 0 Å². The number of aliphatic hydroxyl groups is 1. The van der Waals surface area contributed by atoms with E-state index in [0.29, 0.717) is 11.3 Å². The fraction of sp³-hybridized carbons (Fsp3) is 0.818. The second-order valence-corrected chi connectivity index (χ2v) is 4.74. The van der Waals surface area contributed by atoms with Crippen LogP contribution in [0.25, 0.3) is 0 Å². The molecule has 1 aliphatic carbocycles. The second-order valence-electron chi connectivity index (χ2n) is 4.74. The molecule has 1 atom stereocenters. The monoisotopic (exact) mass is 168 g/mol. The molecule has 1 rings (SSSR count). The van der Waals surface area contributed by atoms with Crippen molar-refractivity contribution in [2.75, 3.05) is 6.61 Å². The van der Waals surface area contributed by atoms with Crippen molar-refractivity contribution in [3.8, 4) is 0 Å². The van der Waals surface area contributed by atoms with Gasteiger partial charge in [-0.15, -0.1) is 0 Å². The predicted molar refractivity (Wildman–Crippen MR) is 52.0 cm³/mol. The smallest absolute Gasteiger partial charge is 0.0496 e. The molecule has 1 saturated carbocycles. The highest BCUT2D eigenvalue weighted by molar-refractivity contribution is 5.03. The molecule has 12 heavy (non-hydrogen) atoms. The lowest BCUT2D eigenvalue weighted by Crippen LogP contribution is -2.10. The van der Waals surface area contributed by atoms with Crippen molar-refractivity contribution in [2.24, 2.45) is 11.3 Å². The minimum atomic E-state index is 0.287. The Bertz CT molecular complexity index is 170. The van der Waals surface area contributed by atoms with Crippen LogP contribution in [0.1, 0.15) is 39.5 Å². The van der Waals surface area contributed by atoms with E-state index in [2.05, 4.69) is 20.4 Å². The first-order valence-corrected chi connectivity index (χ1v) is 4.84. The van der Waals surface area contributed by atoms with Gasteiger partial charge < -0.3 is 5.11 Å². The van der Waals surface area contributed by atoms with Crippen molar-refractivity contribution in [3.63, 3.8) is 0 Å². The molecule has 1 aliphatic rings. The summed E-state index contributed by atoms with van der Waals surface area (Å²) in [4.78, 5) is 0. The highest BCUT2D eigenvalue weighted by Gasteiger charge is 2.25. The molecule has 0 aromatic rings. The lowest BCUT2D eigenvalue weighted by molar-refractivity contribution is 0.228. The van der Waals surface area contributed by atoms with Gasteiger partial charge in [0, 0.05) is 12.5 Å². The molecule has 1 fully saturated rings. The summed E-state index contributed by atoms with van der Waals surface area (Å²) in [5.41, 5.74) is 1.70. The maximum absolute atomic E-state index is 9.10. The second kappa shape index (κ2) is 3.61.